The van der Waals surface area contributed by atoms with E-state index in [1.165, 1.54) is 18.2 Å². The predicted octanol–water partition coefficient (Wildman–Crippen LogP) is 4.99. The van der Waals surface area contributed by atoms with E-state index in [1.54, 1.807) is 18.3 Å². The summed E-state index contributed by atoms with van der Waals surface area (Å²) < 4.78 is 48.2. The van der Waals surface area contributed by atoms with Crippen LogP contribution in [-0.4, -0.2) is 57.9 Å². The van der Waals surface area contributed by atoms with Gasteiger partial charge in [-0.1, -0.05) is 42.5 Å². The summed E-state index contributed by atoms with van der Waals surface area (Å²) >= 11 is 0. The Hall–Kier alpha value is -4.45. The summed E-state index contributed by atoms with van der Waals surface area (Å²) in [7, 11) is 0. The summed E-state index contributed by atoms with van der Waals surface area (Å²) in [5.74, 6) is -0.968. The van der Waals surface area contributed by atoms with Gasteiger partial charge in [-0.25, -0.2) is 0 Å². The molecule has 0 amide bonds. The number of carbonyl (C=O) groups is 1. The minimum atomic E-state index is -4.72. The first-order valence-corrected chi connectivity index (χ1v) is 13.6. The Morgan fingerprint density at radius 2 is 1.81 bits per heavy atom. The van der Waals surface area contributed by atoms with E-state index in [1.807, 2.05) is 35.2 Å². The molecule has 9 nitrogen and oxygen atoms in total. The van der Waals surface area contributed by atoms with Gasteiger partial charge in [-0.3, -0.25) is 9.78 Å². The van der Waals surface area contributed by atoms with Gasteiger partial charge in [-0.15, -0.1) is 0 Å². The van der Waals surface area contributed by atoms with E-state index in [4.69, 9.17) is 10.5 Å². The number of ether oxygens (including phenoxy) is 1. The molecule has 12 heteroatoms. The number of pyridine rings is 1. The summed E-state index contributed by atoms with van der Waals surface area (Å²) in [4.78, 5) is 25.8. The van der Waals surface area contributed by atoms with Crippen LogP contribution >= 0.6 is 0 Å². The summed E-state index contributed by atoms with van der Waals surface area (Å²) in [6.45, 7) is 1.72. The van der Waals surface area contributed by atoms with Gasteiger partial charge in [0.25, 0.3) is 0 Å². The van der Waals surface area contributed by atoms with Gasteiger partial charge in [0.15, 0.2) is 0 Å². The molecule has 2 saturated heterocycles. The van der Waals surface area contributed by atoms with Crippen molar-refractivity contribution < 1.29 is 27.8 Å². The van der Waals surface area contributed by atoms with E-state index < -0.39 is 24.3 Å². The highest BCUT2D eigenvalue weighted by molar-refractivity contribution is 5.84. The van der Waals surface area contributed by atoms with Crippen molar-refractivity contribution in [3.8, 4) is 17.0 Å². The molecule has 1 spiro atoms. The average molecular weight is 579 g/mol. The Bertz CT molecular complexity index is 1610. The fourth-order valence-electron chi connectivity index (χ4n) is 5.88. The number of anilines is 2. The third-order valence-electron chi connectivity index (χ3n) is 8.20. The Labute approximate surface area is 239 Å². The van der Waals surface area contributed by atoms with Crippen molar-refractivity contribution in [2.75, 3.05) is 30.3 Å². The van der Waals surface area contributed by atoms with Crippen molar-refractivity contribution in [2.24, 2.45) is 5.41 Å². The topological polar surface area (TPSA) is 126 Å². The monoisotopic (exact) mass is 578 g/mol. The maximum absolute atomic E-state index is 14.2. The molecule has 218 valence electrons. The van der Waals surface area contributed by atoms with Gasteiger partial charge >= 0.3 is 12.1 Å². The van der Waals surface area contributed by atoms with Crippen LogP contribution < -0.4 is 20.7 Å². The van der Waals surface area contributed by atoms with E-state index in [0.29, 0.717) is 44.7 Å². The number of nitrogens with one attached hydrogen (secondary N) is 1. The largest absolute Gasteiger partial charge is 0.480 e. The Morgan fingerprint density at radius 1 is 1.07 bits per heavy atom. The fraction of sp³-hybridized carbons (Fsp3) is 0.333. The number of alkyl halides is 3. The smallest absolute Gasteiger partial charge is 0.429 e. The molecular weight excluding hydrogens is 549 g/mol. The molecule has 42 heavy (non-hydrogen) atoms. The van der Waals surface area contributed by atoms with Crippen LogP contribution in [0.15, 0.2) is 66.9 Å². The first-order chi connectivity index (χ1) is 20.1. The lowest BCUT2D eigenvalue weighted by Gasteiger charge is -2.39. The average Bonchev–Trinajstić information content (AvgIpc) is 3.39. The van der Waals surface area contributed by atoms with Crippen LogP contribution in [0.2, 0.25) is 0 Å². The van der Waals surface area contributed by atoms with Gasteiger partial charge in [-0.05, 0) is 47.9 Å². The van der Waals surface area contributed by atoms with Crippen molar-refractivity contribution in [3.63, 3.8) is 0 Å². The number of aromatic nitrogens is 3. The van der Waals surface area contributed by atoms with E-state index in [2.05, 4.69) is 20.3 Å². The molecule has 0 bridgehead atoms. The first kappa shape index (κ1) is 27.7. The van der Waals surface area contributed by atoms with Crippen LogP contribution in [0.3, 0.4) is 0 Å². The zero-order valence-electron chi connectivity index (χ0n) is 22.5. The van der Waals surface area contributed by atoms with Gasteiger partial charge in [0.05, 0.1) is 5.52 Å². The molecule has 2 atom stereocenters. The van der Waals surface area contributed by atoms with Gasteiger partial charge in [0.2, 0.25) is 17.9 Å². The molecule has 4 heterocycles. The first-order valence-electron chi connectivity index (χ1n) is 13.6. The Balaban J connectivity index is 1.19. The molecule has 2 fully saturated rings. The fourth-order valence-corrected chi connectivity index (χ4v) is 5.88. The number of hydrogen-bond donors (Lipinski definition) is 3. The molecule has 4 N–H and O–H groups in total. The molecule has 2 aromatic heterocycles. The standard InChI is InChI=1S/C30H29F3N6O3/c31-30(32,33)26(20-6-3-18(4-7-20)21-8-5-19-2-1-11-35-22(19)14-21)42-25-15-24(37-28(34)38-25)39-12-9-29(10-13-39)16-23(27(40)41)36-17-29/h1-8,11,14-15,23,26,36H,9-10,12-13,16-17H2,(H,40,41)(H2,34,37,38)/t23?,26-/m1/s1. The van der Waals surface area contributed by atoms with Crippen LogP contribution in [0.1, 0.15) is 30.9 Å². The van der Waals surface area contributed by atoms with Crippen molar-refractivity contribution in [1.82, 2.24) is 20.3 Å². The number of halogens is 3. The van der Waals surface area contributed by atoms with Crippen LogP contribution in [0.25, 0.3) is 22.0 Å². The molecule has 2 aromatic carbocycles. The quantitative estimate of drug-likeness (QED) is 0.290. The zero-order valence-corrected chi connectivity index (χ0v) is 22.5. The number of piperidine rings is 1. The number of nitrogens with two attached hydrogens (primary N) is 1. The van der Waals surface area contributed by atoms with Crippen molar-refractivity contribution in [2.45, 2.75) is 37.6 Å². The van der Waals surface area contributed by atoms with Gasteiger partial charge in [0.1, 0.15) is 11.9 Å². The molecule has 2 aliphatic heterocycles. The number of hydrogen-bond acceptors (Lipinski definition) is 8. The van der Waals surface area contributed by atoms with Gasteiger partial charge in [0, 0.05) is 42.8 Å². The Morgan fingerprint density at radius 3 is 2.50 bits per heavy atom. The summed E-state index contributed by atoms with van der Waals surface area (Å²) in [5, 5.41) is 13.4. The summed E-state index contributed by atoms with van der Waals surface area (Å²) in [6, 6.07) is 16.3. The number of carboxylic acids is 1. The number of carboxylic acid groups (broad SMARTS) is 1. The van der Waals surface area contributed by atoms with E-state index in [9.17, 15) is 23.1 Å². The Kier molecular flexibility index (Phi) is 7.09. The van der Waals surface area contributed by atoms with Crippen LogP contribution in [0, 0.1) is 5.41 Å². The van der Waals surface area contributed by atoms with E-state index in [0.717, 1.165) is 22.0 Å². The number of nitrogen functional groups attached to an aromatic ring is 1. The minimum Gasteiger partial charge on any atom is -0.480 e. The number of nitrogens with zero attached hydrogens (tertiary/aromatic N) is 4. The third kappa shape index (κ3) is 5.67. The highest BCUT2D eigenvalue weighted by atomic mass is 19.4. The minimum absolute atomic E-state index is 0.0782. The van der Waals surface area contributed by atoms with Crippen LogP contribution in [0.5, 0.6) is 5.88 Å². The maximum atomic E-state index is 14.2. The summed E-state index contributed by atoms with van der Waals surface area (Å²) in [6.07, 6.45) is -3.32. The van der Waals surface area contributed by atoms with Gasteiger partial charge in [-0.2, -0.15) is 23.1 Å². The van der Waals surface area contributed by atoms with Crippen molar-refractivity contribution in [3.05, 3.63) is 72.4 Å². The highest BCUT2D eigenvalue weighted by Crippen LogP contribution is 2.41. The molecule has 1 unspecified atom stereocenters. The van der Waals surface area contributed by atoms with Gasteiger partial charge < -0.3 is 25.8 Å². The van der Waals surface area contributed by atoms with E-state index in [-0.39, 0.29) is 22.8 Å². The normalized spacial score (nSPS) is 19.2. The predicted molar refractivity (Wildman–Crippen MR) is 151 cm³/mol. The molecule has 0 aliphatic carbocycles. The lowest BCUT2D eigenvalue weighted by molar-refractivity contribution is -0.198. The number of benzene rings is 2. The lowest BCUT2D eigenvalue weighted by atomic mass is 9.76. The SMILES string of the molecule is Nc1nc(O[C@H](c2ccc(-c3ccc4cccnc4c3)cc2)C(F)(F)F)cc(N2CCC3(CC2)CNC(C(=O)O)C3)n1. The van der Waals surface area contributed by atoms with Crippen LogP contribution in [-0.2, 0) is 4.79 Å². The molecule has 0 radical (unpaired) electrons. The number of aliphatic carboxylic acids is 1. The second kappa shape index (κ2) is 10.8. The highest BCUT2D eigenvalue weighted by Gasteiger charge is 2.45. The summed E-state index contributed by atoms with van der Waals surface area (Å²) in [5.41, 5.74) is 8.05. The van der Waals surface area contributed by atoms with Crippen LogP contribution in [0.4, 0.5) is 24.9 Å². The lowest BCUT2D eigenvalue weighted by Crippen LogP contribution is -2.41. The zero-order chi connectivity index (χ0) is 29.5. The molecule has 0 saturated carbocycles. The molecular formula is C30H29F3N6O3. The third-order valence-corrected chi connectivity index (χ3v) is 8.20. The van der Waals surface area contributed by atoms with Crippen molar-refractivity contribution >= 4 is 28.6 Å². The van der Waals surface area contributed by atoms with Crippen molar-refractivity contribution in [1.29, 1.82) is 0 Å². The molecule has 4 aromatic rings. The number of rotatable bonds is 6. The molecule has 6 rings (SSSR count). The molecule has 2 aliphatic rings. The second-order valence-corrected chi connectivity index (χ2v) is 11.0. The maximum Gasteiger partial charge on any atom is 0.429 e. The number of fused-ring (bicyclic) bond motifs is 1. The second-order valence-electron chi connectivity index (χ2n) is 11.0. The van der Waals surface area contributed by atoms with E-state index >= 15 is 0 Å².